The lowest BCUT2D eigenvalue weighted by molar-refractivity contribution is -0.137. The zero-order valence-corrected chi connectivity index (χ0v) is 8.69. The summed E-state index contributed by atoms with van der Waals surface area (Å²) in [6.45, 7) is 3.69. The molecule has 1 heterocycles. The predicted octanol–water partition coefficient (Wildman–Crippen LogP) is 0.721. The summed E-state index contributed by atoms with van der Waals surface area (Å²) in [5.74, 6) is 0.781. The maximum atomic E-state index is 11.1. The van der Waals surface area contributed by atoms with Gasteiger partial charge in [0.15, 0.2) is 0 Å². The van der Waals surface area contributed by atoms with Gasteiger partial charge in [0.1, 0.15) is 12.3 Å². The van der Waals surface area contributed by atoms with Gasteiger partial charge in [-0.2, -0.15) is 0 Å². The molecule has 1 aliphatic rings. The predicted molar refractivity (Wildman–Crippen MR) is 56.4 cm³/mol. The number of hydrogen-bond donors (Lipinski definition) is 1. The Labute approximate surface area is 88.8 Å². The molecular formula is C11H14N2O2. The third kappa shape index (κ3) is 2.70. The lowest BCUT2D eigenvalue weighted by atomic mass is 10.2. The Morgan fingerprint density at radius 2 is 2.07 bits per heavy atom. The maximum Gasteiger partial charge on any atom is 0.237 e. The molecule has 1 aromatic carbocycles. The van der Waals surface area contributed by atoms with E-state index < -0.39 is 0 Å². The van der Waals surface area contributed by atoms with Crippen molar-refractivity contribution in [3.8, 4) is 5.75 Å². The molecule has 1 amide bonds. The van der Waals surface area contributed by atoms with Gasteiger partial charge in [0.2, 0.25) is 5.91 Å². The normalized spacial score (nSPS) is 17.3. The second-order valence-electron chi connectivity index (χ2n) is 3.62. The van der Waals surface area contributed by atoms with E-state index in [-0.39, 0.29) is 5.91 Å². The fraction of sp³-hybridized carbons (Fsp3) is 0.364. The van der Waals surface area contributed by atoms with Crippen LogP contribution in [-0.2, 0) is 4.79 Å². The van der Waals surface area contributed by atoms with Gasteiger partial charge in [-0.25, -0.2) is 0 Å². The van der Waals surface area contributed by atoms with E-state index in [1.54, 1.807) is 5.06 Å². The smallest absolute Gasteiger partial charge is 0.237 e. The summed E-state index contributed by atoms with van der Waals surface area (Å²) in [5, 5.41) is 4.42. The molecule has 15 heavy (non-hydrogen) atoms. The van der Waals surface area contributed by atoms with Crippen molar-refractivity contribution in [2.24, 2.45) is 0 Å². The quantitative estimate of drug-likeness (QED) is 0.775. The molecule has 1 aliphatic heterocycles. The molecule has 0 unspecified atom stereocenters. The maximum absolute atomic E-state index is 11.1. The summed E-state index contributed by atoms with van der Waals surface area (Å²) < 4.78 is 0. The largest absolute Gasteiger partial charge is 0.405 e. The number of carbonyl (C=O) groups excluding carboxylic acids is 1. The van der Waals surface area contributed by atoms with Gasteiger partial charge in [-0.3, -0.25) is 4.79 Å². The van der Waals surface area contributed by atoms with Crippen LogP contribution in [0.15, 0.2) is 24.3 Å². The summed E-state index contributed by atoms with van der Waals surface area (Å²) >= 11 is 0. The second-order valence-corrected chi connectivity index (χ2v) is 3.62. The highest BCUT2D eigenvalue weighted by molar-refractivity contribution is 5.78. The minimum atomic E-state index is 0.00774. The molecule has 1 fully saturated rings. The van der Waals surface area contributed by atoms with Crippen LogP contribution in [0.25, 0.3) is 0 Å². The number of hydroxylamine groups is 2. The van der Waals surface area contributed by atoms with E-state index in [9.17, 15) is 4.79 Å². The number of amides is 1. The summed E-state index contributed by atoms with van der Waals surface area (Å²) in [6, 6.07) is 7.78. The van der Waals surface area contributed by atoms with E-state index >= 15 is 0 Å². The molecule has 0 bridgehead atoms. The third-order valence-corrected chi connectivity index (χ3v) is 2.26. The van der Waals surface area contributed by atoms with E-state index in [1.165, 1.54) is 5.56 Å². The summed E-state index contributed by atoms with van der Waals surface area (Å²) in [5.41, 5.74) is 1.19. The fourth-order valence-corrected chi connectivity index (χ4v) is 1.44. The van der Waals surface area contributed by atoms with Gasteiger partial charge in [0, 0.05) is 6.54 Å². The molecular weight excluding hydrogens is 192 g/mol. The number of rotatable bonds is 2. The Morgan fingerprint density at radius 1 is 1.33 bits per heavy atom. The van der Waals surface area contributed by atoms with E-state index in [1.807, 2.05) is 31.2 Å². The number of nitrogens with zero attached hydrogens (tertiary/aromatic N) is 1. The SMILES string of the molecule is Cc1ccc(ON2CCNC(=O)C2)cc1. The van der Waals surface area contributed by atoms with Gasteiger partial charge in [0.05, 0.1) is 6.54 Å². The first-order valence-electron chi connectivity index (χ1n) is 5.00. The zero-order valence-electron chi connectivity index (χ0n) is 8.69. The highest BCUT2D eigenvalue weighted by atomic mass is 16.7. The third-order valence-electron chi connectivity index (χ3n) is 2.26. The van der Waals surface area contributed by atoms with E-state index in [0.29, 0.717) is 13.1 Å². The standard InChI is InChI=1S/C11H14N2O2/c1-9-2-4-10(5-3-9)15-13-7-6-12-11(14)8-13/h2-5H,6-8H2,1H3,(H,12,14). The zero-order chi connectivity index (χ0) is 10.7. The van der Waals surface area contributed by atoms with Gasteiger partial charge in [-0.1, -0.05) is 17.7 Å². The van der Waals surface area contributed by atoms with Crippen molar-refractivity contribution in [3.63, 3.8) is 0 Å². The van der Waals surface area contributed by atoms with Gasteiger partial charge >= 0.3 is 0 Å². The van der Waals surface area contributed by atoms with Crippen molar-refractivity contribution in [1.82, 2.24) is 10.4 Å². The number of benzene rings is 1. The number of carbonyl (C=O) groups is 1. The monoisotopic (exact) mass is 206 g/mol. The van der Waals surface area contributed by atoms with E-state index in [0.717, 1.165) is 12.3 Å². The summed E-state index contributed by atoms with van der Waals surface area (Å²) in [7, 11) is 0. The number of piperazine rings is 1. The Balaban J connectivity index is 1.96. The number of aryl methyl sites for hydroxylation is 1. The highest BCUT2D eigenvalue weighted by Gasteiger charge is 2.17. The molecule has 4 heteroatoms. The van der Waals surface area contributed by atoms with Crippen LogP contribution in [0.2, 0.25) is 0 Å². The van der Waals surface area contributed by atoms with Crippen molar-refractivity contribution in [2.45, 2.75) is 6.92 Å². The van der Waals surface area contributed by atoms with Crippen LogP contribution in [0.1, 0.15) is 5.56 Å². The molecule has 4 nitrogen and oxygen atoms in total. The van der Waals surface area contributed by atoms with Crippen molar-refractivity contribution in [3.05, 3.63) is 29.8 Å². The van der Waals surface area contributed by atoms with Crippen LogP contribution in [0.4, 0.5) is 0 Å². The Hall–Kier alpha value is -1.55. The molecule has 80 valence electrons. The first-order chi connectivity index (χ1) is 7.24. The van der Waals surface area contributed by atoms with Gasteiger partial charge < -0.3 is 10.2 Å². The topological polar surface area (TPSA) is 41.6 Å². The number of nitrogens with one attached hydrogen (secondary N) is 1. The van der Waals surface area contributed by atoms with E-state index in [4.69, 9.17) is 4.84 Å². The lowest BCUT2D eigenvalue weighted by Gasteiger charge is -2.25. The van der Waals surface area contributed by atoms with Crippen LogP contribution in [0.5, 0.6) is 5.75 Å². The number of hydrogen-bond acceptors (Lipinski definition) is 3. The average Bonchev–Trinajstić information content (AvgIpc) is 2.22. The minimum Gasteiger partial charge on any atom is -0.405 e. The fourth-order valence-electron chi connectivity index (χ4n) is 1.44. The molecule has 1 saturated heterocycles. The van der Waals surface area contributed by atoms with Crippen molar-refractivity contribution in [1.29, 1.82) is 0 Å². The minimum absolute atomic E-state index is 0.00774. The van der Waals surface area contributed by atoms with Crippen molar-refractivity contribution >= 4 is 5.91 Å². The molecule has 1 aromatic rings. The van der Waals surface area contributed by atoms with Crippen LogP contribution in [-0.4, -0.2) is 30.6 Å². The highest BCUT2D eigenvalue weighted by Crippen LogP contribution is 2.13. The van der Waals surface area contributed by atoms with Crippen LogP contribution in [0, 0.1) is 6.92 Å². The second kappa shape index (κ2) is 4.31. The van der Waals surface area contributed by atoms with Crippen LogP contribution < -0.4 is 10.2 Å². The Bertz CT molecular complexity index is 348. The molecule has 0 radical (unpaired) electrons. The molecule has 0 saturated carbocycles. The molecule has 0 atom stereocenters. The van der Waals surface area contributed by atoms with Crippen molar-refractivity contribution < 1.29 is 9.63 Å². The lowest BCUT2D eigenvalue weighted by Crippen LogP contribution is -2.48. The summed E-state index contributed by atoms with van der Waals surface area (Å²) in [6.07, 6.45) is 0. The molecule has 2 rings (SSSR count). The first kappa shape index (κ1) is 9.98. The van der Waals surface area contributed by atoms with Gasteiger partial charge in [-0.15, -0.1) is 5.06 Å². The first-order valence-corrected chi connectivity index (χ1v) is 5.00. The van der Waals surface area contributed by atoms with Gasteiger partial charge in [0.25, 0.3) is 0 Å². The van der Waals surface area contributed by atoms with E-state index in [2.05, 4.69) is 5.32 Å². The Kier molecular flexibility index (Phi) is 2.87. The molecule has 0 spiro atoms. The van der Waals surface area contributed by atoms with Gasteiger partial charge in [-0.05, 0) is 19.1 Å². The Morgan fingerprint density at radius 3 is 2.73 bits per heavy atom. The van der Waals surface area contributed by atoms with Crippen LogP contribution in [0.3, 0.4) is 0 Å². The molecule has 1 N–H and O–H groups in total. The van der Waals surface area contributed by atoms with Crippen LogP contribution >= 0.6 is 0 Å². The van der Waals surface area contributed by atoms with Crippen molar-refractivity contribution in [2.75, 3.05) is 19.6 Å². The summed E-state index contributed by atoms with van der Waals surface area (Å²) in [4.78, 5) is 16.6. The average molecular weight is 206 g/mol. The molecule has 0 aliphatic carbocycles. The molecule has 0 aromatic heterocycles.